The lowest BCUT2D eigenvalue weighted by Gasteiger charge is -2.14. The molecule has 0 radical (unpaired) electrons. The number of hydrogen-bond acceptors (Lipinski definition) is 1. The van der Waals surface area contributed by atoms with Gasteiger partial charge in [0, 0.05) is 14.7 Å². The van der Waals surface area contributed by atoms with Gasteiger partial charge in [0.05, 0.1) is 0 Å². The van der Waals surface area contributed by atoms with Crippen LogP contribution in [-0.4, -0.2) is 6.36 Å². The Kier molecular flexibility index (Phi) is 3.98. The van der Waals surface area contributed by atoms with E-state index in [9.17, 15) is 17.6 Å². The zero-order chi connectivity index (χ0) is 14.0. The number of rotatable bonds is 2. The SMILES string of the molecule is Fc1cccc(I)c1-c1ccccc1OC(F)(F)F. The molecule has 0 aromatic heterocycles. The van der Waals surface area contributed by atoms with Crippen molar-refractivity contribution in [3.8, 4) is 16.9 Å². The maximum atomic E-state index is 13.8. The highest BCUT2D eigenvalue weighted by Gasteiger charge is 2.32. The fourth-order valence-electron chi connectivity index (χ4n) is 1.64. The Labute approximate surface area is 120 Å². The van der Waals surface area contributed by atoms with E-state index in [2.05, 4.69) is 4.74 Å². The second kappa shape index (κ2) is 5.36. The summed E-state index contributed by atoms with van der Waals surface area (Å²) in [6.45, 7) is 0. The summed E-state index contributed by atoms with van der Waals surface area (Å²) in [6.07, 6.45) is -4.81. The van der Waals surface area contributed by atoms with E-state index >= 15 is 0 Å². The molecular formula is C13H7F4IO. The average Bonchev–Trinajstić information content (AvgIpc) is 2.29. The van der Waals surface area contributed by atoms with Crippen LogP contribution in [0.2, 0.25) is 0 Å². The molecule has 0 aliphatic carbocycles. The standard InChI is InChI=1S/C13H7F4IO/c14-9-5-3-6-10(18)12(9)8-4-1-2-7-11(8)19-13(15,16)17/h1-7H. The first-order chi connectivity index (χ1) is 8.88. The molecule has 0 aliphatic rings. The van der Waals surface area contributed by atoms with Gasteiger partial charge in [0.2, 0.25) is 0 Å². The molecule has 0 unspecified atom stereocenters. The van der Waals surface area contributed by atoms with Crippen LogP contribution in [0.1, 0.15) is 0 Å². The van der Waals surface area contributed by atoms with Crippen LogP contribution in [0.25, 0.3) is 11.1 Å². The maximum Gasteiger partial charge on any atom is 0.573 e. The van der Waals surface area contributed by atoms with E-state index in [0.29, 0.717) is 3.57 Å². The van der Waals surface area contributed by atoms with E-state index in [0.717, 1.165) is 6.07 Å². The van der Waals surface area contributed by atoms with Gasteiger partial charge < -0.3 is 4.74 Å². The molecule has 1 nitrogen and oxygen atoms in total. The molecule has 19 heavy (non-hydrogen) atoms. The monoisotopic (exact) mass is 382 g/mol. The van der Waals surface area contributed by atoms with Crippen molar-refractivity contribution in [2.24, 2.45) is 0 Å². The van der Waals surface area contributed by atoms with Crippen molar-refractivity contribution < 1.29 is 22.3 Å². The second-order valence-electron chi connectivity index (χ2n) is 3.64. The average molecular weight is 382 g/mol. The van der Waals surface area contributed by atoms with Crippen molar-refractivity contribution in [1.82, 2.24) is 0 Å². The van der Waals surface area contributed by atoms with E-state index in [1.165, 1.54) is 30.3 Å². The van der Waals surface area contributed by atoms with Crippen LogP contribution in [0.4, 0.5) is 17.6 Å². The molecule has 0 aliphatic heterocycles. The molecule has 0 bridgehead atoms. The van der Waals surface area contributed by atoms with Gasteiger partial charge in [-0.15, -0.1) is 13.2 Å². The van der Waals surface area contributed by atoms with E-state index in [4.69, 9.17) is 0 Å². The van der Waals surface area contributed by atoms with Gasteiger partial charge in [0.1, 0.15) is 11.6 Å². The van der Waals surface area contributed by atoms with E-state index in [1.54, 1.807) is 6.07 Å². The molecule has 6 heteroatoms. The molecule has 0 saturated heterocycles. The third-order valence-electron chi connectivity index (χ3n) is 2.34. The molecule has 0 saturated carbocycles. The summed E-state index contributed by atoms with van der Waals surface area (Å²) in [4.78, 5) is 0. The highest BCUT2D eigenvalue weighted by Crippen LogP contribution is 2.37. The van der Waals surface area contributed by atoms with Crippen LogP contribution >= 0.6 is 22.6 Å². The van der Waals surface area contributed by atoms with Crippen molar-refractivity contribution in [3.05, 3.63) is 51.9 Å². The second-order valence-corrected chi connectivity index (χ2v) is 4.80. The van der Waals surface area contributed by atoms with Crippen molar-refractivity contribution in [3.63, 3.8) is 0 Å². The molecule has 2 aromatic rings. The molecule has 0 N–H and O–H groups in total. The van der Waals surface area contributed by atoms with Crippen LogP contribution in [0.15, 0.2) is 42.5 Å². The fraction of sp³-hybridized carbons (Fsp3) is 0.0769. The van der Waals surface area contributed by atoms with Crippen molar-refractivity contribution in [2.45, 2.75) is 6.36 Å². The number of ether oxygens (including phenoxy) is 1. The summed E-state index contributed by atoms with van der Waals surface area (Å²) < 4.78 is 55.2. The third kappa shape index (κ3) is 3.37. The summed E-state index contributed by atoms with van der Waals surface area (Å²) in [5.74, 6) is -1.01. The zero-order valence-electron chi connectivity index (χ0n) is 9.34. The molecule has 0 spiro atoms. The molecule has 100 valence electrons. The van der Waals surface area contributed by atoms with Gasteiger partial charge in [-0.2, -0.15) is 0 Å². The first-order valence-corrected chi connectivity index (χ1v) is 6.25. The Bertz CT molecular complexity index is 575. The quantitative estimate of drug-likeness (QED) is 0.525. The lowest BCUT2D eigenvalue weighted by atomic mass is 10.0. The van der Waals surface area contributed by atoms with Gasteiger partial charge in [-0.1, -0.05) is 24.3 Å². The van der Waals surface area contributed by atoms with Gasteiger partial charge in [0.25, 0.3) is 0 Å². The van der Waals surface area contributed by atoms with Gasteiger partial charge >= 0.3 is 6.36 Å². The number of hydrogen-bond donors (Lipinski definition) is 0. The number of alkyl halides is 3. The summed E-state index contributed by atoms with van der Waals surface area (Å²) in [7, 11) is 0. The minimum atomic E-state index is -4.81. The third-order valence-corrected chi connectivity index (χ3v) is 3.24. The number of halogens is 5. The number of benzene rings is 2. The molecular weight excluding hydrogens is 375 g/mol. The van der Waals surface area contributed by atoms with Gasteiger partial charge in [0.15, 0.2) is 0 Å². The summed E-state index contributed by atoms with van der Waals surface area (Å²) >= 11 is 1.87. The molecule has 0 fully saturated rings. The minimum absolute atomic E-state index is 0.0716. The molecule has 0 atom stereocenters. The minimum Gasteiger partial charge on any atom is -0.405 e. The Balaban J connectivity index is 2.57. The van der Waals surface area contributed by atoms with Gasteiger partial charge in [-0.05, 0) is 40.8 Å². The zero-order valence-corrected chi connectivity index (χ0v) is 11.5. The Hall–Kier alpha value is -1.31. The summed E-state index contributed by atoms with van der Waals surface area (Å²) in [6, 6.07) is 9.78. The molecule has 0 heterocycles. The maximum absolute atomic E-state index is 13.8. The van der Waals surface area contributed by atoms with Crippen molar-refractivity contribution >= 4 is 22.6 Å². The topological polar surface area (TPSA) is 9.23 Å². The number of para-hydroxylation sites is 1. The van der Waals surface area contributed by atoms with Crippen LogP contribution in [0.3, 0.4) is 0 Å². The highest BCUT2D eigenvalue weighted by atomic mass is 127. The van der Waals surface area contributed by atoms with Gasteiger partial charge in [-0.3, -0.25) is 0 Å². The summed E-state index contributed by atoms with van der Waals surface area (Å²) in [5.41, 5.74) is 0.172. The Morgan fingerprint density at radius 1 is 0.947 bits per heavy atom. The van der Waals surface area contributed by atoms with Crippen LogP contribution in [-0.2, 0) is 0 Å². The largest absolute Gasteiger partial charge is 0.573 e. The van der Waals surface area contributed by atoms with Crippen molar-refractivity contribution in [1.29, 1.82) is 0 Å². The lowest BCUT2D eigenvalue weighted by Crippen LogP contribution is -2.17. The predicted octanol–water partition coefficient (Wildman–Crippen LogP) is 5.00. The summed E-state index contributed by atoms with van der Waals surface area (Å²) in [5, 5.41) is 0. The van der Waals surface area contributed by atoms with E-state index < -0.39 is 17.9 Å². The smallest absolute Gasteiger partial charge is 0.405 e. The van der Waals surface area contributed by atoms with E-state index in [-0.39, 0.29) is 11.1 Å². The molecule has 2 aromatic carbocycles. The molecule has 2 rings (SSSR count). The highest BCUT2D eigenvalue weighted by molar-refractivity contribution is 14.1. The molecule has 0 amide bonds. The predicted molar refractivity (Wildman–Crippen MR) is 71.2 cm³/mol. The van der Waals surface area contributed by atoms with Crippen LogP contribution in [0.5, 0.6) is 5.75 Å². The Morgan fingerprint density at radius 3 is 2.26 bits per heavy atom. The first-order valence-electron chi connectivity index (χ1n) is 5.17. The normalized spacial score (nSPS) is 11.4. The van der Waals surface area contributed by atoms with E-state index in [1.807, 2.05) is 22.6 Å². The van der Waals surface area contributed by atoms with Gasteiger partial charge in [-0.25, -0.2) is 4.39 Å². The first kappa shape index (κ1) is 14.1. The lowest BCUT2D eigenvalue weighted by molar-refractivity contribution is -0.274. The van der Waals surface area contributed by atoms with Crippen LogP contribution < -0.4 is 4.74 Å². The Morgan fingerprint density at radius 2 is 1.63 bits per heavy atom. The fourth-order valence-corrected chi connectivity index (χ4v) is 2.40. The van der Waals surface area contributed by atoms with Crippen LogP contribution in [0, 0.1) is 9.39 Å². The van der Waals surface area contributed by atoms with Crippen molar-refractivity contribution in [2.75, 3.05) is 0 Å².